The first kappa shape index (κ1) is 24.9. The molecule has 0 atom stereocenters. The van der Waals surface area contributed by atoms with Crippen molar-refractivity contribution in [1.82, 2.24) is 0 Å². The number of carbonyl (C=O) groups is 1. The van der Waals surface area contributed by atoms with Crippen molar-refractivity contribution in [3.05, 3.63) is 72.9 Å². The largest absolute Gasteiger partial charge is 0.465 e. The van der Waals surface area contributed by atoms with Gasteiger partial charge in [-0.25, -0.2) is 0 Å². The van der Waals surface area contributed by atoms with Gasteiger partial charge in [-0.15, -0.1) is 0 Å². The molecule has 0 rings (SSSR count). The van der Waals surface area contributed by atoms with Crippen molar-refractivity contribution in [2.24, 2.45) is 5.92 Å². The maximum absolute atomic E-state index is 11.4. The Morgan fingerprint density at radius 2 is 1.04 bits per heavy atom. The molecule has 0 saturated carbocycles. The molecule has 0 aliphatic carbocycles. The maximum Gasteiger partial charge on any atom is 0.309 e. The van der Waals surface area contributed by atoms with Crippen LogP contribution in [0.1, 0.15) is 65.7 Å². The Bertz CT molecular complexity index is 516. The Morgan fingerprint density at radius 3 is 1.41 bits per heavy atom. The van der Waals surface area contributed by atoms with E-state index in [1.54, 1.807) is 0 Å². The van der Waals surface area contributed by atoms with E-state index in [2.05, 4.69) is 67.7 Å². The molecule has 0 aromatic carbocycles. The summed E-state index contributed by atoms with van der Waals surface area (Å²) < 4.78 is 5.11. The molecule has 0 aromatic rings. The summed E-state index contributed by atoms with van der Waals surface area (Å²) in [6.45, 7) is 6.72. The number of carbonyl (C=O) groups excluding carboxylic acids is 1. The fraction of sp³-hybridized carbons (Fsp3) is 0.480. The predicted octanol–water partition coefficient (Wildman–Crippen LogP) is 7.27. The first-order chi connectivity index (χ1) is 13.2. The zero-order valence-corrected chi connectivity index (χ0v) is 17.5. The molecule has 0 fully saturated rings. The Labute approximate surface area is 167 Å². The summed E-state index contributed by atoms with van der Waals surface area (Å²) in [5.41, 5.74) is 0. The van der Waals surface area contributed by atoms with Gasteiger partial charge in [-0.2, -0.15) is 0 Å². The Kier molecular flexibility index (Phi) is 18.7. The molecule has 0 aromatic heterocycles. The van der Waals surface area contributed by atoms with Crippen molar-refractivity contribution in [3.63, 3.8) is 0 Å². The standard InChI is InChI=1S/C25H38O2/c1-4-5-6-7-8-9-10-11-12-13-14-15-16-17-18-19-20-21-22-25(26)27-23-24(2)3/h5-6,8-9,11-12,14-15,17-18,20-21,24H,4,7,10,13,16,19,22-23H2,1-3H3/b6-5-,9-8-,12-11-,15-14-,18-17-,21-20-. The van der Waals surface area contributed by atoms with Gasteiger partial charge in [-0.3, -0.25) is 4.79 Å². The molecule has 0 bridgehead atoms. The van der Waals surface area contributed by atoms with Crippen molar-refractivity contribution < 1.29 is 9.53 Å². The monoisotopic (exact) mass is 370 g/mol. The number of rotatable bonds is 15. The Hall–Kier alpha value is -2.09. The second kappa shape index (κ2) is 20.2. The number of ether oxygens (including phenoxy) is 1. The van der Waals surface area contributed by atoms with Gasteiger partial charge in [0, 0.05) is 0 Å². The highest BCUT2D eigenvalue weighted by Crippen LogP contribution is 1.98. The molecule has 0 radical (unpaired) electrons. The van der Waals surface area contributed by atoms with Gasteiger partial charge in [0.2, 0.25) is 0 Å². The third-order valence-electron chi connectivity index (χ3n) is 3.46. The van der Waals surface area contributed by atoms with Gasteiger partial charge < -0.3 is 4.74 Å². The Morgan fingerprint density at radius 1 is 0.667 bits per heavy atom. The van der Waals surface area contributed by atoms with E-state index < -0.39 is 0 Å². The molecule has 0 unspecified atom stereocenters. The lowest BCUT2D eigenvalue weighted by molar-refractivity contribution is -0.143. The van der Waals surface area contributed by atoms with Crippen LogP contribution in [0.25, 0.3) is 0 Å². The minimum atomic E-state index is -0.149. The molecule has 0 spiro atoms. The van der Waals surface area contributed by atoms with E-state index in [0.29, 0.717) is 18.9 Å². The Balaban J connectivity index is 3.59. The number of hydrogen-bond acceptors (Lipinski definition) is 2. The van der Waals surface area contributed by atoms with Gasteiger partial charge in [0.15, 0.2) is 0 Å². The smallest absolute Gasteiger partial charge is 0.309 e. The first-order valence-corrected chi connectivity index (χ1v) is 10.2. The zero-order chi connectivity index (χ0) is 20.0. The molecular formula is C25H38O2. The minimum absolute atomic E-state index is 0.149. The maximum atomic E-state index is 11.4. The molecule has 0 heterocycles. The van der Waals surface area contributed by atoms with E-state index in [1.807, 2.05) is 26.0 Å². The lowest BCUT2D eigenvalue weighted by Gasteiger charge is -2.04. The summed E-state index contributed by atoms with van der Waals surface area (Å²) in [5.74, 6) is 0.239. The molecule has 0 aliphatic rings. The van der Waals surface area contributed by atoms with Crippen LogP contribution in [0.3, 0.4) is 0 Å². The number of esters is 1. The molecule has 0 aliphatic heterocycles. The van der Waals surface area contributed by atoms with E-state index in [4.69, 9.17) is 4.74 Å². The molecule has 0 N–H and O–H groups in total. The topological polar surface area (TPSA) is 26.3 Å². The second-order valence-electron chi connectivity index (χ2n) is 6.70. The summed E-state index contributed by atoms with van der Waals surface area (Å²) in [6.07, 6.45) is 32.0. The minimum Gasteiger partial charge on any atom is -0.465 e. The summed E-state index contributed by atoms with van der Waals surface area (Å²) in [7, 11) is 0. The van der Waals surface area contributed by atoms with E-state index >= 15 is 0 Å². The van der Waals surface area contributed by atoms with Gasteiger partial charge in [0.1, 0.15) is 0 Å². The molecule has 0 saturated heterocycles. The van der Waals surface area contributed by atoms with Crippen LogP contribution < -0.4 is 0 Å². The van der Waals surface area contributed by atoms with Crippen LogP contribution in [-0.2, 0) is 9.53 Å². The fourth-order valence-electron chi connectivity index (χ4n) is 2.02. The first-order valence-electron chi connectivity index (χ1n) is 10.2. The van der Waals surface area contributed by atoms with Crippen molar-refractivity contribution >= 4 is 5.97 Å². The van der Waals surface area contributed by atoms with E-state index in [9.17, 15) is 4.79 Å². The normalized spacial score (nSPS) is 13.0. The fourth-order valence-corrected chi connectivity index (χ4v) is 2.02. The third-order valence-corrected chi connectivity index (χ3v) is 3.46. The van der Waals surface area contributed by atoms with E-state index in [0.717, 1.165) is 38.5 Å². The highest BCUT2D eigenvalue weighted by Gasteiger charge is 2.00. The number of hydrogen-bond donors (Lipinski definition) is 0. The van der Waals surface area contributed by atoms with Crippen LogP contribution >= 0.6 is 0 Å². The van der Waals surface area contributed by atoms with Gasteiger partial charge in [0.25, 0.3) is 0 Å². The number of allylic oxidation sites excluding steroid dienone is 11. The van der Waals surface area contributed by atoms with Crippen LogP contribution in [0, 0.1) is 5.92 Å². The average Bonchev–Trinajstić information content (AvgIpc) is 2.65. The van der Waals surface area contributed by atoms with Gasteiger partial charge in [-0.05, 0) is 44.4 Å². The van der Waals surface area contributed by atoms with Crippen LogP contribution in [-0.4, -0.2) is 12.6 Å². The molecular weight excluding hydrogens is 332 g/mol. The average molecular weight is 371 g/mol. The molecule has 2 heteroatoms. The highest BCUT2D eigenvalue weighted by atomic mass is 16.5. The van der Waals surface area contributed by atoms with E-state index in [1.165, 1.54) is 0 Å². The molecule has 150 valence electrons. The highest BCUT2D eigenvalue weighted by molar-refractivity contribution is 5.71. The lowest BCUT2D eigenvalue weighted by atomic mass is 10.2. The van der Waals surface area contributed by atoms with Gasteiger partial charge in [-0.1, -0.05) is 93.7 Å². The second-order valence-corrected chi connectivity index (χ2v) is 6.70. The van der Waals surface area contributed by atoms with Crippen molar-refractivity contribution in [1.29, 1.82) is 0 Å². The summed E-state index contributed by atoms with van der Waals surface area (Å²) in [5, 5.41) is 0. The van der Waals surface area contributed by atoms with Crippen molar-refractivity contribution in [2.75, 3.05) is 6.61 Å². The SMILES string of the molecule is CC/C=C\C/C=C\C/C=C\C/C=C\C/C=C\C/C=C\CC(=O)OCC(C)C. The van der Waals surface area contributed by atoms with Crippen molar-refractivity contribution in [3.8, 4) is 0 Å². The van der Waals surface area contributed by atoms with Gasteiger partial charge in [0.05, 0.1) is 13.0 Å². The predicted molar refractivity (Wildman–Crippen MR) is 119 cm³/mol. The summed E-state index contributed by atoms with van der Waals surface area (Å²) in [6, 6.07) is 0. The molecule has 27 heavy (non-hydrogen) atoms. The van der Waals surface area contributed by atoms with E-state index in [-0.39, 0.29) is 5.97 Å². The molecule has 0 amide bonds. The van der Waals surface area contributed by atoms with Crippen LogP contribution in [0.2, 0.25) is 0 Å². The van der Waals surface area contributed by atoms with Crippen LogP contribution in [0.15, 0.2) is 72.9 Å². The molecule has 2 nitrogen and oxygen atoms in total. The van der Waals surface area contributed by atoms with Crippen molar-refractivity contribution in [2.45, 2.75) is 65.7 Å². The van der Waals surface area contributed by atoms with Gasteiger partial charge >= 0.3 is 5.97 Å². The van der Waals surface area contributed by atoms with Crippen LogP contribution in [0.5, 0.6) is 0 Å². The third kappa shape index (κ3) is 21.9. The lowest BCUT2D eigenvalue weighted by Crippen LogP contribution is -2.08. The van der Waals surface area contributed by atoms with Crippen LogP contribution in [0.4, 0.5) is 0 Å². The summed E-state index contributed by atoms with van der Waals surface area (Å²) >= 11 is 0. The summed E-state index contributed by atoms with van der Waals surface area (Å²) in [4.78, 5) is 11.4. The zero-order valence-electron chi connectivity index (χ0n) is 17.5. The quantitative estimate of drug-likeness (QED) is 0.224.